The molecule has 98 valence electrons. The van der Waals surface area contributed by atoms with Gasteiger partial charge in [0.1, 0.15) is 6.61 Å². The van der Waals surface area contributed by atoms with Gasteiger partial charge in [-0.3, -0.25) is 0 Å². The fraction of sp³-hybridized carbons (Fsp3) is 0.214. The fourth-order valence-corrected chi connectivity index (χ4v) is 1.53. The Morgan fingerprint density at radius 2 is 1.95 bits per heavy atom. The van der Waals surface area contributed by atoms with Crippen molar-refractivity contribution in [1.82, 2.24) is 9.97 Å². The van der Waals surface area contributed by atoms with E-state index < -0.39 is 5.97 Å². The maximum Gasteiger partial charge on any atom is 0.376 e. The molecule has 19 heavy (non-hydrogen) atoms. The normalized spacial score (nSPS) is 10.0. The molecule has 0 unspecified atom stereocenters. The van der Waals surface area contributed by atoms with Gasteiger partial charge in [-0.2, -0.15) is 4.98 Å². The predicted molar refractivity (Wildman–Crippen MR) is 68.9 cm³/mol. The van der Waals surface area contributed by atoms with Crippen LogP contribution in [0, 0.1) is 6.92 Å². The van der Waals surface area contributed by atoms with Crippen LogP contribution < -0.4 is 4.74 Å². The Morgan fingerprint density at radius 1 is 1.21 bits per heavy atom. The molecule has 0 aliphatic heterocycles. The van der Waals surface area contributed by atoms with E-state index >= 15 is 0 Å². The highest BCUT2D eigenvalue weighted by Crippen LogP contribution is 2.12. The standard InChI is InChI=1S/C14H14N2O3/c1-10-8-12(16-13(15-10)14(17)18-2)19-9-11-6-4-3-5-7-11/h3-8H,9H2,1-2H3. The minimum Gasteiger partial charge on any atom is -0.473 e. The van der Waals surface area contributed by atoms with E-state index in [0.29, 0.717) is 18.2 Å². The van der Waals surface area contributed by atoms with Crippen molar-refractivity contribution in [2.24, 2.45) is 0 Å². The maximum absolute atomic E-state index is 11.4. The van der Waals surface area contributed by atoms with Gasteiger partial charge in [0.25, 0.3) is 0 Å². The van der Waals surface area contributed by atoms with Crippen molar-refractivity contribution in [3.05, 3.63) is 53.5 Å². The molecule has 1 heterocycles. The first-order valence-electron chi connectivity index (χ1n) is 5.80. The highest BCUT2D eigenvalue weighted by molar-refractivity contribution is 5.85. The van der Waals surface area contributed by atoms with E-state index in [1.807, 2.05) is 30.3 Å². The molecule has 0 fully saturated rings. The second-order valence-corrected chi connectivity index (χ2v) is 3.94. The number of hydrogen-bond donors (Lipinski definition) is 0. The average Bonchev–Trinajstić information content (AvgIpc) is 2.45. The number of aromatic nitrogens is 2. The van der Waals surface area contributed by atoms with E-state index in [4.69, 9.17) is 4.74 Å². The van der Waals surface area contributed by atoms with Gasteiger partial charge in [0.15, 0.2) is 0 Å². The molecule has 0 bridgehead atoms. The molecule has 1 aromatic heterocycles. The van der Waals surface area contributed by atoms with Crippen molar-refractivity contribution < 1.29 is 14.3 Å². The summed E-state index contributed by atoms with van der Waals surface area (Å²) in [6, 6.07) is 11.4. The third-order valence-corrected chi connectivity index (χ3v) is 2.43. The zero-order chi connectivity index (χ0) is 13.7. The Balaban J connectivity index is 2.12. The summed E-state index contributed by atoms with van der Waals surface area (Å²) in [6.07, 6.45) is 0. The SMILES string of the molecule is COC(=O)c1nc(C)cc(OCc2ccccc2)n1. The van der Waals surface area contributed by atoms with E-state index in [1.54, 1.807) is 13.0 Å². The number of carbonyl (C=O) groups is 1. The van der Waals surface area contributed by atoms with Gasteiger partial charge in [-0.15, -0.1) is 0 Å². The molecule has 0 radical (unpaired) electrons. The first kappa shape index (κ1) is 13.0. The van der Waals surface area contributed by atoms with Crippen LogP contribution in [0.3, 0.4) is 0 Å². The zero-order valence-electron chi connectivity index (χ0n) is 10.8. The number of ether oxygens (including phenoxy) is 2. The van der Waals surface area contributed by atoms with Crippen LogP contribution in [0.15, 0.2) is 36.4 Å². The van der Waals surface area contributed by atoms with Crippen molar-refractivity contribution in [3.63, 3.8) is 0 Å². The van der Waals surface area contributed by atoms with E-state index in [2.05, 4.69) is 14.7 Å². The number of carbonyl (C=O) groups excluding carboxylic acids is 1. The lowest BCUT2D eigenvalue weighted by atomic mass is 10.2. The number of benzene rings is 1. The second-order valence-electron chi connectivity index (χ2n) is 3.94. The number of esters is 1. The van der Waals surface area contributed by atoms with Gasteiger partial charge >= 0.3 is 5.97 Å². The van der Waals surface area contributed by atoms with Crippen LogP contribution in [0.25, 0.3) is 0 Å². The summed E-state index contributed by atoms with van der Waals surface area (Å²) in [5.74, 6) is -0.212. The minimum atomic E-state index is -0.576. The smallest absolute Gasteiger partial charge is 0.376 e. The highest BCUT2D eigenvalue weighted by Gasteiger charge is 2.12. The third-order valence-electron chi connectivity index (χ3n) is 2.43. The number of rotatable bonds is 4. The molecule has 1 aromatic carbocycles. The largest absolute Gasteiger partial charge is 0.473 e. The Bertz CT molecular complexity index is 570. The molecule has 0 saturated carbocycles. The molecule has 5 nitrogen and oxygen atoms in total. The van der Waals surface area contributed by atoms with Crippen LogP contribution >= 0.6 is 0 Å². The first-order valence-corrected chi connectivity index (χ1v) is 5.80. The molecule has 0 N–H and O–H groups in total. The first-order chi connectivity index (χ1) is 9.19. The number of nitrogens with zero attached hydrogens (tertiary/aromatic N) is 2. The topological polar surface area (TPSA) is 61.3 Å². The van der Waals surface area contributed by atoms with E-state index in [-0.39, 0.29) is 5.82 Å². The summed E-state index contributed by atoms with van der Waals surface area (Å²) in [5.41, 5.74) is 1.68. The van der Waals surface area contributed by atoms with Crippen molar-refractivity contribution in [3.8, 4) is 5.88 Å². The molecule has 0 saturated heterocycles. The number of methoxy groups -OCH3 is 1. The van der Waals surface area contributed by atoms with Gasteiger partial charge in [0.05, 0.1) is 7.11 Å². The van der Waals surface area contributed by atoms with Gasteiger partial charge in [0, 0.05) is 11.8 Å². The molecule has 0 atom stereocenters. The summed E-state index contributed by atoms with van der Waals surface area (Å²) < 4.78 is 10.1. The summed E-state index contributed by atoms with van der Waals surface area (Å²) >= 11 is 0. The van der Waals surface area contributed by atoms with Gasteiger partial charge in [-0.25, -0.2) is 9.78 Å². The number of aryl methyl sites for hydroxylation is 1. The lowest BCUT2D eigenvalue weighted by Crippen LogP contribution is -2.10. The highest BCUT2D eigenvalue weighted by atomic mass is 16.5. The predicted octanol–water partition coefficient (Wildman–Crippen LogP) is 2.15. The minimum absolute atomic E-state index is 0.00515. The molecule has 0 spiro atoms. The van der Waals surface area contributed by atoms with Crippen LogP contribution in [0.2, 0.25) is 0 Å². The van der Waals surface area contributed by atoms with Gasteiger partial charge < -0.3 is 9.47 Å². The van der Waals surface area contributed by atoms with Crippen molar-refractivity contribution in [2.75, 3.05) is 7.11 Å². The monoisotopic (exact) mass is 258 g/mol. The molecule has 2 rings (SSSR count). The molecular formula is C14H14N2O3. The number of hydrogen-bond acceptors (Lipinski definition) is 5. The molecule has 2 aromatic rings. The summed E-state index contributed by atoms with van der Waals surface area (Å²) in [5, 5.41) is 0. The van der Waals surface area contributed by atoms with E-state index in [9.17, 15) is 4.79 Å². The Kier molecular flexibility index (Phi) is 4.07. The lowest BCUT2D eigenvalue weighted by Gasteiger charge is -2.07. The lowest BCUT2D eigenvalue weighted by molar-refractivity contribution is 0.0584. The van der Waals surface area contributed by atoms with Crippen LogP contribution in [0.4, 0.5) is 0 Å². The van der Waals surface area contributed by atoms with Crippen LogP contribution in [0.5, 0.6) is 5.88 Å². The Hall–Kier alpha value is -2.43. The van der Waals surface area contributed by atoms with Crippen molar-refractivity contribution >= 4 is 5.97 Å². The van der Waals surface area contributed by atoms with Gasteiger partial charge in [-0.1, -0.05) is 30.3 Å². The van der Waals surface area contributed by atoms with Crippen molar-refractivity contribution in [2.45, 2.75) is 13.5 Å². The van der Waals surface area contributed by atoms with Gasteiger partial charge in [0.2, 0.25) is 11.7 Å². The fourth-order valence-electron chi connectivity index (χ4n) is 1.53. The second kappa shape index (κ2) is 5.95. The van der Waals surface area contributed by atoms with Gasteiger partial charge in [-0.05, 0) is 12.5 Å². The molecule has 0 amide bonds. The summed E-state index contributed by atoms with van der Waals surface area (Å²) in [4.78, 5) is 19.4. The van der Waals surface area contributed by atoms with E-state index in [1.165, 1.54) is 7.11 Å². The van der Waals surface area contributed by atoms with Crippen molar-refractivity contribution in [1.29, 1.82) is 0 Å². The van der Waals surface area contributed by atoms with Crippen LogP contribution in [-0.2, 0) is 11.3 Å². The summed E-state index contributed by atoms with van der Waals surface area (Å²) in [6.45, 7) is 2.15. The average molecular weight is 258 g/mol. The third kappa shape index (κ3) is 3.51. The van der Waals surface area contributed by atoms with Crippen LogP contribution in [0.1, 0.15) is 21.9 Å². The Labute approximate surface area is 111 Å². The van der Waals surface area contributed by atoms with Crippen LogP contribution in [-0.4, -0.2) is 23.0 Å². The Morgan fingerprint density at radius 3 is 2.63 bits per heavy atom. The summed E-state index contributed by atoms with van der Waals surface area (Å²) in [7, 11) is 1.29. The van der Waals surface area contributed by atoms with E-state index in [0.717, 1.165) is 5.56 Å². The quantitative estimate of drug-likeness (QED) is 0.786. The molecule has 5 heteroatoms. The molecular weight excluding hydrogens is 244 g/mol. The maximum atomic E-state index is 11.4. The zero-order valence-corrected chi connectivity index (χ0v) is 10.8. The molecule has 0 aliphatic carbocycles. The molecule has 0 aliphatic rings.